The second-order valence-corrected chi connectivity index (χ2v) is 12.3. The smallest absolute Gasteiger partial charge is 0.243 e. The molecule has 41 heavy (non-hydrogen) atoms. The number of rotatable bonds is 14. The molecule has 0 radical (unpaired) electrons. The lowest BCUT2D eigenvalue weighted by molar-refractivity contribution is -0.141. The van der Waals surface area contributed by atoms with E-state index in [-0.39, 0.29) is 50.2 Å². The summed E-state index contributed by atoms with van der Waals surface area (Å²) in [5.41, 5.74) is 2.61. The third-order valence-corrected chi connectivity index (χ3v) is 8.21. The zero-order valence-electron chi connectivity index (χ0n) is 24.2. The van der Waals surface area contributed by atoms with Crippen LogP contribution < -0.4 is 9.62 Å². The van der Waals surface area contributed by atoms with Crippen LogP contribution >= 0.6 is 0 Å². The molecule has 3 rings (SSSR count). The van der Waals surface area contributed by atoms with Crippen molar-refractivity contribution in [2.75, 3.05) is 17.1 Å². The topological polar surface area (TPSA) is 86.8 Å². The van der Waals surface area contributed by atoms with Crippen molar-refractivity contribution in [3.05, 3.63) is 101 Å². The van der Waals surface area contributed by atoms with Gasteiger partial charge in [0, 0.05) is 37.5 Å². The number of nitrogens with zero attached hydrogens (tertiary/aromatic N) is 2. The summed E-state index contributed by atoms with van der Waals surface area (Å²) in [4.78, 5) is 28.8. The van der Waals surface area contributed by atoms with E-state index in [1.54, 1.807) is 36.4 Å². The van der Waals surface area contributed by atoms with Crippen molar-refractivity contribution < 1.29 is 22.4 Å². The predicted octanol–water partition coefficient (Wildman–Crippen LogP) is 5.24. The van der Waals surface area contributed by atoms with Crippen molar-refractivity contribution in [1.29, 1.82) is 0 Å². The summed E-state index contributed by atoms with van der Waals surface area (Å²) in [5.74, 6) is -1.13. The molecule has 0 aromatic heterocycles. The van der Waals surface area contributed by atoms with Crippen molar-refractivity contribution >= 4 is 27.5 Å². The summed E-state index contributed by atoms with van der Waals surface area (Å²) in [6.07, 6.45) is 2.30. The van der Waals surface area contributed by atoms with Gasteiger partial charge in [0.05, 0.1) is 11.9 Å². The first-order chi connectivity index (χ1) is 19.5. The Labute approximate surface area is 243 Å². The molecule has 0 bridgehead atoms. The van der Waals surface area contributed by atoms with E-state index in [9.17, 15) is 22.4 Å². The molecule has 0 aliphatic carbocycles. The first-order valence-corrected chi connectivity index (χ1v) is 15.8. The number of hydrogen-bond acceptors (Lipinski definition) is 4. The Balaban J connectivity index is 1.90. The molecule has 0 unspecified atom stereocenters. The van der Waals surface area contributed by atoms with Gasteiger partial charge in [0.15, 0.2) is 0 Å². The number of halogens is 1. The molecular formula is C32H40FN3O4S. The molecule has 0 saturated carbocycles. The van der Waals surface area contributed by atoms with E-state index in [0.717, 1.165) is 17.4 Å². The fourth-order valence-corrected chi connectivity index (χ4v) is 5.55. The van der Waals surface area contributed by atoms with Gasteiger partial charge >= 0.3 is 0 Å². The monoisotopic (exact) mass is 581 g/mol. The van der Waals surface area contributed by atoms with E-state index in [4.69, 9.17) is 0 Å². The van der Waals surface area contributed by atoms with Crippen LogP contribution in [0.15, 0.2) is 78.9 Å². The van der Waals surface area contributed by atoms with E-state index in [2.05, 4.69) is 5.32 Å². The molecule has 0 heterocycles. The van der Waals surface area contributed by atoms with Gasteiger partial charge in [-0.25, -0.2) is 12.8 Å². The van der Waals surface area contributed by atoms with E-state index >= 15 is 0 Å². The van der Waals surface area contributed by atoms with Gasteiger partial charge < -0.3 is 10.2 Å². The fourth-order valence-electron chi connectivity index (χ4n) is 4.59. The third-order valence-electron chi connectivity index (χ3n) is 7.01. The van der Waals surface area contributed by atoms with Crippen LogP contribution in [0.5, 0.6) is 0 Å². The van der Waals surface area contributed by atoms with Gasteiger partial charge in [-0.3, -0.25) is 13.9 Å². The molecule has 7 nitrogen and oxygen atoms in total. The average Bonchev–Trinajstić information content (AvgIpc) is 2.93. The quantitative estimate of drug-likeness (QED) is 0.282. The lowest BCUT2D eigenvalue weighted by Gasteiger charge is -2.33. The zero-order valence-corrected chi connectivity index (χ0v) is 25.0. The minimum atomic E-state index is -3.60. The number of carbonyl (C=O) groups is 2. The Morgan fingerprint density at radius 1 is 0.976 bits per heavy atom. The number of anilines is 1. The van der Waals surface area contributed by atoms with Gasteiger partial charge in [0.2, 0.25) is 21.8 Å². The van der Waals surface area contributed by atoms with E-state index in [1.165, 1.54) is 15.3 Å². The number of amides is 2. The van der Waals surface area contributed by atoms with Crippen molar-refractivity contribution in [2.24, 2.45) is 0 Å². The van der Waals surface area contributed by atoms with Gasteiger partial charge in [0.25, 0.3) is 0 Å². The Morgan fingerprint density at radius 3 is 2.29 bits per heavy atom. The van der Waals surface area contributed by atoms with Gasteiger partial charge in [0.1, 0.15) is 11.9 Å². The van der Waals surface area contributed by atoms with Crippen LogP contribution in [0.3, 0.4) is 0 Å². The maximum absolute atomic E-state index is 14.8. The summed E-state index contributed by atoms with van der Waals surface area (Å²) in [6.45, 7) is 5.73. The van der Waals surface area contributed by atoms with Crippen molar-refractivity contribution in [1.82, 2.24) is 10.2 Å². The lowest BCUT2D eigenvalue weighted by Crippen LogP contribution is -2.52. The fraction of sp³-hybridized carbons (Fsp3) is 0.375. The van der Waals surface area contributed by atoms with Crippen LogP contribution in [0.4, 0.5) is 10.1 Å². The second-order valence-electron chi connectivity index (χ2n) is 10.4. The molecule has 2 amide bonds. The molecule has 0 saturated heterocycles. The molecule has 3 aromatic carbocycles. The summed E-state index contributed by atoms with van der Waals surface area (Å²) in [5, 5.41) is 2.99. The molecule has 0 fully saturated rings. The largest absolute Gasteiger partial charge is 0.352 e. The Kier molecular flexibility index (Phi) is 11.5. The SMILES string of the molecule is CC[C@@H](C)NC(=O)[C@H](Cc1ccccc1)N(Cc1ccccc1F)C(=O)CCCN(c1cccc(C)c1)S(C)(=O)=O. The minimum Gasteiger partial charge on any atom is -0.352 e. The normalized spacial score (nSPS) is 12.8. The predicted molar refractivity (Wildman–Crippen MR) is 161 cm³/mol. The molecule has 1 N–H and O–H groups in total. The van der Waals surface area contributed by atoms with Crippen molar-refractivity contribution in [3.63, 3.8) is 0 Å². The Bertz CT molecular complexity index is 1420. The maximum Gasteiger partial charge on any atom is 0.243 e. The van der Waals surface area contributed by atoms with Crippen molar-refractivity contribution in [3.8, 4) is 0 Å². The van der Waals surface area contributed by atoms with Crippen LogP contribution in [0.2, 0.25) is 0 Å². The van der Waals surface area contributed by atoms with Crippen LogP contribution in [0, 0.1) is 12.7 Å². The Morgan fingerprint density at radius 2 is 1.66 bits per heavy atom. The van der Waals surface area contributed by atoms with Gasteiger partial charge in [-0.05, 0) is 56.0 Å². The molecule has 0 aliphatic rings. The number of carbonyl (C=O) groups excluding carboxylic acids is 2. The maximum atomic E-state index is 14.8. The summed E-state index contributed by atoms with van der Waals surface area (Å²) >= 11 is 0. The van der Waals surface area contributed by atoms with Gasteiger partial charge in [-0.15, -0.1) is 0 Å². The van der Waals surface area contributed by atoms with Crippen LogP contribution in [-0.4, -0.2) is 50.0 Å². The van der Waals surface area contributed by atoms with Crippen LogP contribution in [-0.2, 0) is 32.6 Å². The lowest BCUT2D eigenvalue weighted by atomic mass is 10.0. The summed E-state index contributed by atoms with van der Waals surface area (Å²) in [7, 11) is -3.60. The molecule has 9 heteroatoms. The number of benzene rings is 3. The zero-order chi connectivity index (χ0) is 30.0. The molecule has 2 atom stereocenters. The first kappa shape index (κ1) is 31.8. The summed E-state index contributed by atoms with van der Waals surface area (Å²) in [6, 6.07) is 21.8. The molecule has 220 valence electrons. The highest BCUT2D eigenvalue weighted by molar-refractivity contribution is 7.92. The van der Waals surface area contributed by atoms with E-state index < -0.39 is 21.9 Å². The summed E-state index contributed by atoms with van der Waals surface area (Å²) < 4.78 is 41.2. The van der Waals surface area contributed by atoms with E-state index in [0.29, 0.717) is 17.7 Å². The average molecular weight is 582 g/mol. The third kappa shape index (κ3) is 9.42. The molecule has 0 spiro atoms. The van der Waals surface area contributed by atoms with E-state index in [1.807, 2.05) is 57.2 Å². The highest BCUT2D eigenvalue weighted by Crippen LogP contribution is 2.22. The number of sulfonamides is 1. The number of hydrogen-bond donors (Lipinski definition) is 1. The second kappa shape index (κ2) is 14.8. The Hall–Kier alpha value is -3.72. The minimum absolute atomic E-state index is 0.0197. The highest BCUT2D eigenvalue weighted by atomic mass is 32.2. The first-order valence-electron chi connectivity index (χ1n) is 13.9. The number of nitrogens with one attached hydrogen (secondary N) is 1. The van der Waals surface area contributed by atoms with Crippen molar-refractivity contribution in [2.45, 2.75) is 65.1 Å². The molecule has 3 aromatic rings. The molecule has 0 aliphatic heterocycles. The van der Waals surface area contributed by atoms with Crippen LogP contribution in [0.25, 0.3) is 0 Å². The van der Waals surface area contributed by atoms with Crippen LogP contribution in [0.1, 0.15) is 49.8 Å². The molecular weight excluding hydrogens is 541 g/mol. The van der Waals surface area contributed by atoms with Gasteiger partial charge in [-0.1, -0.05) is 67.6 Å². The highest BCUT2D eigenvalue weighted by Gasteiger charge is 2.31. The standard InChI is InChI=1S/C32H40FN3O4S/c1-5-25(3)34-32(38)30(22-26-14-7-6-8-15-26)35(23-27-16-9-10-18-29(27)33)31(37)19-12-20-36(41(4,39)40)28-17-11-13-24(2)21-28/h6-11,13-18,21,25,30H,5,12,19-20,22-23H2,1-4H3,(H,34,38)/t25-,30+/m1/s1. The number of aryl methyl sites for hydroxylation is 1. The van der Waals surface area contributed by atoms with Gasteiger partial charge in [-0.2, -0.15) is 0 Å².